The molecule has 2 atom stereocenters. The quantitative estimate of drug-likeness (QED) is 0.796. The molecule has 1 aromatic carbocycles. The Morgan fingerprint density at radius 1 is 1.48 bits per heavy atom. The highest BCUT2D eigenvalue weighted by atomic mass is 35.5. The molecule has 0 aromatic heterocycles. The van der Waals surface area contributed by atoms with Crippen molar-refractivity contribution in [2.45, 2.75) is 31.2 Å². The van der Waals surface area contributed by atoms with Gasteiger partial charge in [-0.15, -0.1) is 0 Å². The van der Waals surface area contributed by atoms with E-state index in [9.17, 15) is 18.3 Å². The van der Waals surface area contributed by atoms with Crippen LogP contribution in [0.3, 0.4) is 0 Å². The van der Waals surface area contributed by atoms with Crippen LogP contribution in [0.1, 0.15) is 20.3 Å². The number of hydrogen-bond acceptors (Lipinski definition) is 4. The largest absolute Gasteiger partial charge is 0.497 e. The van der Waals surface area contributed by atoms with Gasteiger partial charge in [0, 0.05) is 6.07 Å². The molecule has 0 radical (unpaired) electrons. The number of methoxy groups -OCH3 is 1. The summed E-state index contributed by atoms with van der Waals surface area (Å²) >= 11 is 5.89. The Morgan fingerprint density at radius 3 is 2.57 bits per heavy atom. The van der Waals surface area contributed by atoms with E-state index in [-0.39, 0.29) is 15.8 Å². The Labute approximate surface area is 129 Å². The van der Waals surface area contributed by atoms with Crippen molar-refractivity contribution in [3.63, 3.8) is 0 Å². The molecule has 6 nitrogen and oxygen atoms in total. The minimum Gasteiger partial charge on any atom is -0.497 e. The van der Waals surface area contributed by atoms with Crippen LogP contribution >= 0.6 is 11.6 Å². The van der Waals surface area contributed by atoms with Gasteiger partial charge in [0.05, 0.1) is 12.1 Å². The van der Waals surface area contributed by atoms with Crippen molar-refractivity contribution in [3.8, 4) is 5.75 Å². The van der Waals surface area contributed by atoms with E-state index < -0.39 is 22.0 Å². The van der Waals surface area contributed by atoms with Gasteiger partial charge in [0.25, 0.3) is 0 Å². The normalized spacial score (nSPS) is 14.5. The molecule has 2 N–H and O–H groups in total. The molecule has 0 saturated carbocycles. The van der Waals surface area contributed by atoms with Crippen LogP contribution in [-0.4, -0.2) is 32.6 Å². The molecule has 118 valence electrons. The Morgan fingerprint density at radius 2 is 2.10 bits per heavy atom. The van der Waals surface area contributed by atoms with E-state index in [1.54, 1.807) is 13.8 Å². The Bertz CT molecular complexity index is 617. The average Bonchev–Trinajstić information content (AvgIpc) is 2.44. The fourth-order valence-electron chi connectivity index (χ4n) is 1.69. The first-order valence-corrected chi connectivity index (χ1v) is 8.17. The topological polar surface area (TPSA) is 92.7 Å². The van der Waals surface area contributed by atoms with Gasteiger partial charge in [-0.1, -0.05) is 31.9 Å². The fourth-order valence-corrected chi connectivity index (χ4v) is 3.51. The number of ether oxygens (including phenoxy) is 1. The maximum absolute atomic E-state index is 12.3. The summed E-state index contributed by atoms with van der Waals surface area (Å²) in [6, 6.07) is 2.93. The van der Waals surface area contributed by atoms with Crippen LogP contribution in [-0.2, 0) is 14.8 Å². The number of sulfonamides is 1. The molecule has 0 heterocycles. The molecule has 0 spiro atoms. The standard InChI is InChI=1S/C13H18ClNO5S/c1-4-8(2)12(13(16)17)15-21(18,19)11-7-9(20-3)5-6-10(11)14/h5-8,12,15H,4H2,1-3H3,(H,16,17)/t8-,12-/m0/s1. The van der Waals surface area contributed by atoms with E-state index in [0.29, 0.717) is 12.2 Å². The molecule has 0 amide bonds. The zero-order chi connectivity index (χ0) is 16.2. The van der Waals surface area contributed by atoms with Crippen molar-refractivity contribution in [1.29, 1.82) is 0 Å². The van der Waals surface area contributed by atoms with Crippen molar-refractivity contribution in [2.75, 3.05) is 7.11 Å². The van der Waals surface area contributed by atoms with Gasteiger partial charge < -0.3 is 9.84 Å². The van der Waals surface area contributed by atoms with Crippen molar-refractivity contribution in [1.82, 2.24) is 4.72 Å². The first-order valence-electron chi connectivity index (χ1n) is 6.31. The molecule has 0 fully saturated rings. The number of nitrogens with one attached hydrogen (secondary N) is 1. The molecular formula is C13H18ClNO5S. The molecule has 0 aliphatic rings. The molecule has 1 aromatic rings. The van der Waals surface area contributed by atoms with Crippen LogP contribution in [0.25, 0.3) is 0 Å². The van der Waals surface area contributed by atoms with Crippen molar-refractivity contribution >= 4 is 27.6 Å². The molecule has 1 rings (SSSR count). The van der Waals surface area contributed by atoms with Gasteiger partial charge in [-0.25, -0.2) is 8.42 Å². The summed E-state index contributed by atoms with van der Waals surface area (Å²) in [5.41, 5.74) is 0. The first-order chi connectivity index (χ1) is 9.72. The number of aliphatic carboxylic acids is 1. The molecule has 0 bridgehead atoms. The van der Waals surface area contributed by atoms with E-state index in [1.807, 2.05) is 0 Å². The van der Waals surface area contributed by atoms with Crippen LogP contribution in [0.2, 0.25) is 5.02 Å². The Hall–Kier alpha value is -1.31. The highest BCUT2D eigenvalue weighted by Crippen LogP contribution is 2.26. The van der Waals surface area contributed by atoms with Gasteiger partial charge in [-0.2, -0.15) is 4.72 Å². The lowest BCUT2D eigenvalue weighted by Gasteiger charge is -2.20. The van der Waals surface area contributed by atoms with Crippen LogP contribution in [0, 0.1) is 5.92 Å². The highest BCUT2D eigenvalue weighted by molar-refractivity contribution is 7.89. The number of benzene rings is 1. The first kappa shape index (κ1) is 17.7. The van der Waals surface area contributed by atoms with Gasteiger partial charge in [-0.3, -0.25) is 4.79 Å². The van der Waals surface area contributed by atoms with Gasteiger partial charge in [0.1, 0.15) is 16.7 Å². The van der Waals surface area contributed by atoms with Gasteiger partial charge in [-0.05, 0) is 18.1 Å². The molecular weight excluding hydrogens is 318 g/mol. The lowest BCUT2D eigenvalue weighted by molar-refractivity contribution is -0.140. The number of rotatable bonds is 7. The van der Waals surface area contributed by atoms with Crippen LogP contribution < -0.4 is 9.46 Å². The Balaban J connectivity index is 3.19. The third kappa shape index (κ3) is 4.33. The maximum atomic E-state index is 12.3. The van der Waals surface area contributed by atoms with Gasteiger partial charge in [0.2, 0.25) is 10.0 Å². The average molecular weight is 336 g/mol. The highest BCUT2D eigenvalue weighted by Gasteiger charge is 2.30. The molecule has 0 aliphatic carbocycles. The van der Waals surface area contributed by atoms with E-state index in [4.69, 9.17) is 16.3 Å². The van der Waals surface area contributed by atoms with E-state index in [1.165, 1.54) is 25.3 Å². The van der Waals surface area contributed by atoms with Crippen molar-refractivity contribution in [3.05, 3.63) is 23.2 Å². The minimum absolute atomic E-state index is 0.00316. The monoisotopic (exact) mass is 335 g/mol. The fraction of sp³-hybridized carbons (Fsp3) is 0.462. The predicted octanol–water partition coefficient (Wildman–Crippen LogP) is 2.13. The van der Waals surface area contributed by atoms with Gasteiger partial charge in [0.15, 0.2) is 0 Å². The van der Waals surface area contributed by atoms with Gasteiger partial charge >= 0.3 is 5.97 Å². The predicted molar refractivity (Wildman–Crippen MR) is 79.2 cm³/mol. The summed E-state index contributed by atoms with van der Waals surface area (Å²) < 4.78 is 31.8. The second-order valence-electron chi connectivity index (χ2n) is 4.62. The molecule has 21 heavy (non-hydrogen) atoms. The molecule has 0 unspecified atom stereocenters. The summed E-state index contributed by atoms with van der Waals surface area (Å²) in [5.74, 6) is -1.27. The summed E-state index contributed by atoms with van der Waals surface area (Å²) in [6.07, 6.45) is 0.519. The van der Waals surface area contributed by atoms with E-state index in [0.717, 1.165) is 0 Å². The smallest absolute Gasteiger partial charge is 0.322 e. The SMILES string of the molecule is CC[C@H](C)[C@H](NS(=O)(=O)c1cc(OC)ccc1Cl)C(=O)O. The van der Waals surface area contributed by atoms with E-state index in [2.05, 4.69) is 4.72 Å². The summed E-state index contributed by atoms with van der Waals surface area (Å²) in [7, 11) is -2.67. The lowest BCUT2D eigenvalue weighted by Crippen LogP contribution is -2.44. The minimum atomic E-state index is -4.07. The number of halogens is 1. The molecule has 0 saturated heterocycles. The molecule has 8 heteroatoms. The third-order valence-corrected chi connectivity index (χ3v) is 5.11. The van der Waals surface area contributed by atoms with Crippen molar-refractivity contribution < 1.29 is 23.1 Å². The second-order valence-corrected chi connectivity index (χ2v) is 6.71. The summed E-state index contributed by atoms with van der Waals surface area (Å²) in [5, 5.41) is 9.17. The number of carbonyl (C=O) groups is 1. The lowest BCUT2D eigenvalue weighted by atomic mass is 10.0. The van der Waals surface area contributed by atoms with Crippen LogP contribution in [0.4, 0.5) is 0 Å². The zero-order valence-corrected chi connectivity index (χ0v) is 13.5. The number of carboxylic acids is 1. The van der Waals surface area contributed by atoms with Crippen LogP contribution in [0.5, 0.6) is 5.75 Å². The number of carboxylic acid groups (broad SMARTS) is 1. The van der Waals surface area contributed by atoms with Crippen LogP contribution in [0.15, 0.2) is 23.1 Å². The Kier molecular flexibility index (Phi) is 6.00. The number of hydrogen-bond donors (Lipinski definition) is 2. The summed E-state index contributed by atoms with van der Waals surface area (Å²) in [4.78, 5) is 11.0. The summed E-state index contributed by atoms with van der Waals surface area (Å²) in [6.45, 7) is 3.45. The second kappa shape index (κ2) is 7.11. The van der Waals surface area contributed by atoms with Crippen molar-refractivity contribution in [2.24, 2.45) is 5.92 Å². The third-order valence-electron chi connectivity index (χ3n) is 3.19. The van der Waals surface area contributed by atoms with E-state index >= 15 is 0 Å². The molecule has 0 aliphatic heterocycles. The maximum Gasteiger partial charge on any atom is 0.322 e. The zero-order valence-electron chi connectivity index (χ0n) is 12.0.